The van der Waals surface area contributed by atoms with Gasteiger partial charge in [-0.05, 0) is 18.6 Å². The molecule has 4 N–H and O–H groups in total. The van der Waals surface area contributed by atoms with Crippen molar-refractivity contribution in [1.82, 2.24) is 4.98 Å². The number of aliphatic hydroxyl groups is 1. The highest BCUT2D eigenvalue weighted by molar-refractivity contribution is 6.33. The topological polar surface area (TPSA) is 88.2 Å². The Bertz CT molecular complexity index is 661. The van der Waals surface area contributed by atoms with Gasteiger partial charge in [0, 0.05) is 12.7 Å². The fourth-order valence-electron chi connectivity index (χ4n) is 1.89. The van der Waals surface area contributed by atoms with Crippen molar-refractivity contribution in [2.45, 2.75) is 13.0 Å². The number of carbonyl (C=O) groups excluding carboxylic acids is 1. The van der Waals surface area contributed by atoms with Gasteiger partial charge in [-0.15, -0.1) is 0 Å². The first-order valence-corrected chi connectivity index (χ1v) is 6.79. The Morgan fingerprint density at radius 3 is 2.86 bits per heavy atom. The van der Waals surface area contributed by atoms with Crippen LogP contribution in [0.15, 0.2) is 36.5 Å². The molecule has 1 aromatic carbocycles. The Morgan fingerprint density at radius 2 is 2.24 bits per heavy atom. The minimum Gasteiger partial charge on any atom is -0.387 e. The number of halogens is 1. The van der Waals surface area contributed by atoms with Gasteiger partial charge in [0.25, 0.3) is 0 Å². The molecule has 6 heteroatoms. The van der Waals surface area contributed by atoms with E-state index in [-0.39, 0.29) is 17.1 Å². The van der Waals surface area contributed by atoms with Crippen molar-refractivity contribution in [3.63, 3.8) is 0 Å². The van der Waals surface area contributed by atoms with Gasteiger partial charge in [-0.2, -0.15) is 0 Å². The zero-order valence-electron chi connectivity index (χ0n) is 11.5. The fraction of sp³-hybridized carbons (Fsp3) is 0.200. The number of hydrogen-bond acceptors (Lipinski definition) is 4. The Kier molecular flexibility index (Phi) is 4.77. The molecular formula is C15H16ClN3O2. The van der Waals surface area contributed by atoms with Gasteiger partial charge in [0.2, 0.25) is 5.91 Å². The summed E-state index contributed by atoms with van der Waals surface area (Å²) in [4.78, 5) is 15.0. The largest absolute Gasteiger partial charge is 0.387 e. The lowest BCUT2D eigenvalue weighted by atomic mass is 10.1. The molecule has 0 aliphatic heterocycles. The van der Waals surface area contributed by atoms with Crippen LogP contribution in [0.1, 0.15) is 27.6 Å². The molecule has 1 heterocycles. The Labute approximate surface area is 127 Å². The number of anilines is 1. The standard InChI is InChI=1S/C15H16ClN3O2/c1-9-3-2-4-10(5-9)13(20)8-19-15-12(16)6-11(7-18-15)14(17)21/h2-7,13,20H,8H2,1H3,(H2,17,21)(H,18,19). The van der Waals surface area contributed by atoms with E-state index in [4.69, 9.17) is 17.3 Å². The summed E-state index contributed by atoms with van der Waals surface area (Å²) in [5, 5.41) is 13.4. The van der Waals surface area contributed by atoms with Crippen LogP contribution in [0.3, 0.4) is 0 Å². The number of nitrogens with zero attached hydrogens (tertiary/aromatic N) is 1. The van der Waals surface area contributed by atoms with E-state index in [0.717, 1.165) is 11.1 Å². The summed E-state index contributed by atoms with van der Waals surface area (Å²) in [7, 11) is 0. The highest BCUT2D eigenvalue weighted by Gasteiger charge is 2.11. The van der Waals surface area contributed by atoms with Crippen LogP contribution in [0, 0.1) is 6.92 Å². The number of hydrogen-bond donors (Lipinski definition) is 3. The van der Waals surface area contributed by atoms with Crippen LogP contribution in [0.2, 0.25) is 5.02 Å². The molecule has 0 bridgehead atoms. The van der Waals surface area contributed by atoms with Gasteiger partial charge in [-0.1, -0.05) is 41.4 Å². The predicted octanol–water partition coefficient (Wildman–Crippen LogP) is 2.29. The van der Waals surface area contributed by atoms with E-state index in [2.05, 4.69) is 10.3 Å². The van der Waals surface area contributed by atoms with E-state index in [1.165, 1.54) is 12.3 Å². The number of nitrogens with one attached hydrogen (secondary N) is 1. The van der Waals surface area contributed by atoms with Crippen LogP contribution in [-0.4, -0.2) is 22.5 Å². The Morgan fingerprint density at radius 1 is 1.48 bits per heavy atom. The van der Waals surface area contributed by atoms with Crippen LogP contribution in [-0.2, 0) is 0 Å². The molecule has 0 fully saturated rings. The molecule has 1 amide bonds. The molecule has 0 saturated carbocycles. The molecule has 2 rings (SSSR count). The maximum Gasteiger partial charge on any atom is 0.250 e. The molecule has 0 aliphatic carbocycles. The summed E-state index contributed by atoms with van der Waals surface area (Å²) in [6, 6.07) is 9.06. The monoisotopic (exact) mass is 305 g/mol. The van der Waals surface area contributed by atoms with Crippen LogP contribution < -0.4 is 11.1 Å². The van der Waals surface area contributed by atoms with Crippen molar-refractivity contribution < 1.29 is 9.90 Å². The number of pyridine rings is 1. The zero-order chi connectivity index (χ0) is 15.4. The average Bonchev–Trinajstić information content (AvgIpc) is 2.45. The summed E-state index contributed by atoms with van der Waals surface area (Å²) < 4.78 is 0. The van der Waals surface area contributed by atoms with E-state index in [0.29, 0.717) is 5.82 Å². The van der Waals surface area contributed by atoms with Gasteiger partial charge in [0.05, 0.1) is 16.7 Å². The molecule has 0 saturated heterocycles. The quantitative estimate of drug-likeness (QED) is 0.791. The fourth-order valence-corrected chi connectivity index (χ4v) is 2.12. The zero-order valence-corrected chi connectivity index (χ0v) is 12.3. The molecular weight excluding hydrogens is 290 g/mol. The summed E-state index contributed by atoms with van der Waals surface area (Å²) in [6.45, 7) is 2.22. The molecule has 1 unspecified atom stereocenters. The second-order valence-corrected chi connectivity index (χ2v) is 5.14. The molecule has 0 spiro atoms. The summed E-state index contributed by atoms with van der Waals surface area (Å²) in [5.74, 6) is -0.191. The highest BCUT2D eigenvalue weighted by atomic mass is 35.5. The van der Waals surface area contributed by atoms with E-state index < -0.39 is 12.0 Å². The Hall–Kier alpha value is -2.11. The van der Waals surface area contributed by atoms with Gasteiger partial charge < -0.3 is 16.2 Å². The maximum absolute atomic E-state index is 11.0. The smallest absolute Gasteiger partial charge is 0.250 e. The van der Waals surface area contributed by atoms with E-state index in [1.54, 1.807) is 0 Å². The average molecular weight is 306 g/mol. The molecule has 0 aliphatic rings. The van der Waals surface area contributed by atoms with Crippen molar-refractivity contribution in [2.24, 2.45) is 5.73 Å². The third-order valence-electron chi connectivity index (χ3n) is 3.02. The van der Waals surface area contributed by atoms with Gasteiger partial charge in [-0.25, -0.2) is 4.98 Å². The second-order valence-electron chi connectivity index (χ2n) is 4.73. The number of aliphatic hydroxyl groups excluding tert-OH is 1. The van der Waals surface area contributed by atoms with E-state index >= 15 is 0 Å². The van der Waals surface area contributed by atoms with Crippen LogP contribution in [0.4, 0.5) is 5.82 Å². The normalized spacial score (nSPS) is 12.0. The number of aromatic nitrogens is 1. The van der Waals surface area contributed by atoms with Crippen molar-refractivity contribution in [3.05, 3.63) is 58.2 Å². The third-order valence-corrected chi connectivity index (χ3v) is 3.30. The van der Waals surface area contributed by atoms with Gasteiger partial charge in [-0.3, -0.25) is 4.79 Å². The predicted molar refractivity (Wildman–Crippen MR) is 82.4 cm³/mol. The molecule has 5 nitrogen and oxygen atoms in total. The Balaban J connectivity index is 2.04. The lowest BCUT2D eigenvalue weighted by Gasteiger charge is -2.14. The molecule has 1 aromatic heterocycles. The highest BCUT2D eigenvalue weighted by Crippen LogP contribution is 2.21. The van der Waals surface area contributed by atoms with Crippen LogP contribution >= 0.6 is 11.6 Å². The summed E-state index contributed by atoms with van der Waals surface area (Å²) in [6.07, 6.45) is 0.661. The lowest BCUT2D eigenvalue weighted by Crippen LogP contribution is -2.15. The first-order chi connectivity index (χ1) is 9.97. The molecule has 0 radical (unpaired) electrons. The van der Waals surface area contributed by atoms with E-state index in [9.17, 15) is 9.90 Å². The molecule has 21 heavy (non-hydrogen) atoms. The summed E-state index contributed by atoms with van der Waals surface area (Å²) >= 11 is 6.01. The molecule has 1 atom stereocenters. The first-order valence-electron chi connectivity index (χ1n) is 6.41. The number of aryl methyl sites for hydroxylation is 1. The number of benzene rings is 1. The number of nitrogens with two attached hydrogens (primary N) is 1. The number of amides is 1. The second kappa shape index (κ2) is 6.56. The minimum absolute atomic E-state index is 0.241. The van der Waals surface area contributed by atoms with Crippen molar-refractivity contribution in [3.8, 4) is 0 Å². The minimum atomic E-state index is -0.682. The summed E-state index contributed by atoms with van der Waals surface area (Å²) in [5.41, 5.74) is 7.28. The van der Waals surface area contributed by atoms with Gasteiger partial charge >= 0.3 is 0 Å². The lowest BCUT2D eigenvalue weighted by molar-refractivity contribution is 0.1000. The van der Waals surface area contributed by atoms with Crippen LogP contribution in [0.5, 0.6) is 0 Å². The van der Waals surface area contributed by atoms with Crippen molar-refractivity contribution in [2.75, 3.05) is 11.9 Å². The SMILES string of the molecule is Cc1cccc(C(O)CNc2ncc(C(N)=O)cc2Cl)c1. The van der Waals surface area contributed by atoms with E-state index in [1.807, 2.05) is 31.2 Å². The number of primary amides is 1. The number of carbonyl (C=O) groups is 1. The first kappa shape index (κ1) is 15.3. The third kappa shape index (κ3) is 3.93. The molecule has 110 valence electrons. The van der Waals surface area contributed by atoms with Crippen molar-refractivity contribution >= 4 is 23.3 Å². The van der Waals surface area contributed by atoms with Gasteiger partial charge in [0.1, 0.15) is 5.82 Å². The van der Waals surface area contributed by atoms with Gasteiger partial charge in [0.15, 0.2) is 0 Å². The van der Waals surface area contributed by atoms with Crippen LogP contribution in [0.25, 0.3) is 0 Å². The number of rotatable bonds is 5. The molecule has 2 aromatic rings. The maximum atomic E-state index is 11.0. The van der Waals surface area contributed by atoms with Crippen molar-refractivity contribution in [1.29, 1.82) is 0 Å².